The van der Waals surface area contributed by atoms with E-state index in [0.717, 1.165) is 26.1 Å². The average molecular weight is 336 g/mol. The molecule has 0 radical (unpaired) electrons. The first-order valence-corrected chi connectivity index (χ1v) is 8.52. The Morgan fingerprint density at radius 3 is 2.71 bits per heavy atom. The molecule has 2 aliphatic heterocycles. The summed E-state index contributed by atoms with van der Waals surface area (Å²) in [7, 11) is 3.09. The predicted octanol–water partition coefficient (Wildman–Crippen LogP) is 2.16. The van der Waals surface area contributed by atoms with Gasteiger partial charge in [0.1, 0.15) is 0 Å². The highest BCUT2D eigenvalue weighted by atomic mass is 19.1. The minimum absolute atomic E-state index is 0.0592. The highest BCUT2D eigenvalue weighted by Gasteiger charge is 2.37. The summed E-state index contributed by atoms with van der Waals surface area (Å²) in [4.78, 5) is 17.2. The van der Waals surface area contributed by atoms with Gasteiger partial charge in [-0.15, -0.1) is 0 Å². The number of methoxy groups -OCH3 is 2. The number of hydrogen-bond acceptors (Lipinski definition) is 4. The van der Waals surface area contributed by atoms with E-state index in [-0.39, 0.29) is 23.8 Å². The molecule has 24 heavy (non-hydrogen) atoms. The van der Waals surface area contributed by atoms with Gasteiger partial charge in [0, 0.05) is 31.8 Å². The van der Waals surface area contributed by atoms with Crippen molar-refractivity contribution in [1.29, 1.82) is 0 Å². The fourth-order valence-electron chi connectivity index (χ4n) is 3.69. The molecular formula is C18H25FN2O3. The SMILES string of the molecule is COc1cc(C(=O)N2C[C@@H](OC)C[C@H]2CN2CCCC2)ccc1F. The molecule has 0 aromatic heterocycles. The Labute approximate surface area is 142 Å². The van der Waals surface area contributed by atoms with Crippen LogP contribution in [0.3, 0.4) is 0 Å². The molecule has 0 saturated carbocycles. The summed E-state index contributed by atoms with van der Waals surface area (Å²) >= 11 is 0. The first-order valence-electron chi connectivity index (χ1n) is 8.52. The second-order valence-electron chi connectivity index (χ2n) is 6.56. The number of rotatable bonds is 5. The number of nitrogens with zero attached hydrogens (tertiary/aromatic N) is 2. The number of hydrogen-bond donors (Lipinski definition) is 0. The maximum Gasteiger partial charge on any atom is 0.254 e. The van der Waals surface area contributed by atoms with Gasteiger partial charge in [-0.25, -0.2) is 4.39 Å². The van der Waals surface area contributed by atoms with Crippen molar-refractivity contribution in [2.45, 2.75) is 31.4 Å². The molecule has 1 aromatic rings. The molecule has 5 nitrogen and oxygen atoms in total. The molecule has 0 bridgehead atoms. The fraction of sp³-hybridized carbons (Fsp3) is 0.611. The standard InChI is InChI=1S/C18H25FN2O3/c1-23-15-10-14(11-20-7-3-4-8-20)21(12-15)18(22)13-5-6-16(19)17(9-13)24-2/h5-6,9,14-15H,3-4,7-8,10-12H2,1-2H3/t14-,15-/m0/s1. The van der Waals surface area contributed by atoms with Gasteiger partial charge in [-0.3, -0.25) is 4.79 Å². The van der Waals surface area contributed by atoms with Crippen LogP contribution in [0.5, 0.6) is 5.75 Å². The third kappa shape index (κ3) is 3.54. The van der Waals surface area contributed by atoms with Crippen LogP contribution in [-0.4, -0.2) is 68.3 Å². The summed E-state index contributed by atoms with van der Waals surface area (Å²) in [6, 6.07) is 4.42. The van der Waals surface area contributed by atoms with Crippen molar-refractivity contribution >= 4 is 5.91 Å². The van der Waals surface area contributed by atoms with E-state index in [2.05, 4.69) is 4.90 Å². The number of halogens is 1. The summed E-state index contributed by atoms with van der Waals surface area (Å²) in [6.45, 7) is 3.65. The van der Waals surface area contributed by atoms with Crippen molar-refractivity contribution in [3.8, 4) is 5.75 Å². The quantitative estimate of drug-likeness (QED) is 0.826. The van der Waals surface area contributed by atoms with E-state index in [4.69, 9.17) is 9.47 Å². The minimum Gasteiger partial charge on any atom is -0.494 e. The molecule has 132 valence electrons. The molecule has 1 aromatic carbocycles. The molecular weight excluding hydrogens is 311 g/mol. The Morgan fingerprint density at radius 2 is 2.04 bits per heavy atom. The van der Waals surface area contributed by atoms with Crippen molar-refractivity contribution in [2.24, 2.45) is 0 Å². The maximum atomic E-state index is 13.6. The first-order chi connectivity index (χ1) is 11.6. The number of likely N-dealkylation sites (tertiary alicyclic amines) is 2. The van der Waals surface area contributed by atoms with E-state index >= 15 is 0 Å². The lowest BCUT2D eigenvalue weighted by Gasteiger charge is -2.28. The van der Waals surface area contributed by atoms with Gasteiger partial charge in [-0.05, 0) is 50.6 Å². The topological polar surface area (TPSA) is 42.0 Å². The van der Waals surface area contributed by atoms with E-state index in [1.807, 2.05) is 4.90 Å². The molecule has 0 aliphatic carbocycles. The van der Waals surface area contributed by atoms with Crippen LogP contribution >= 0.6 is 0 Å². The fourth-order valence-corrected chi connectivity index (χ4v) is 3.69. The second kappa shape index (κ2) is 7.49. The van der Waals surface area contributed by atoms with Gasteiger partial charge in [0.15, 0.2) is 11.6 Å². The van der Waals surface area contributed by atoms with Gasteiger partial charge >= 0.3 is 0 Å². The van der Waals surface area contributed by atoms with Gasteiger partial charge in [-0.2, -0.15) is 0 Å². The zero-order chi connectivity index (χ0) is 17.1. The Hall–Kier alpha value is -1.66. The Morgan fingerprint density at radius 1 is 1.29 bits per heavy atom. The van der Waals surface area contributed by atoms with Gasteiger partial charge in [0.25, 0.3) is 5.91 Å². The van der Waals surface area contributed by atoms with E-state index in [1.54, 1.807) is 7.11 Å². The first kappa shape index (κ1) is 17.2. The van der Waals surface area contributed by atoms with Crippen LogP contribution in [0.15, 0.2) is 18.2 Å². The third-order valence-corrected chi connectivity index (χ3v) is 5.04. The highest BCUT2D eigenvalue weighted by molar-refractivity contribution is 5.95. The maximum absolute atomic E-state index is 13.6. The van der Waals surface area contributed by atoms with Crippen molar-refractivity contribution < 1.29 is 18.7 Å². The number of carbonyl (C=O) groups is 1. The van der Waals surface area contributed by atoms with Crippen molar-refractivity contribution in [2.75, 3.05) is 40.4 Å². The second-order valence-corrected chi connectivity index (χ2v) is 6.56. The zero-order valence-corrected chi connectivity index (χ0v) is 14.3. The molecule has 0 unspecified atom stereocenters. The van der Waals surface area contributed by atoms with Crippen molar-refractivity contribution in [3.05, 3.63) is 29.6 Å². The van der Waals surface area contributed by atoms with Crippen LogP contribution in [0.2, 0.25) is 0 Å². The molecule has 2 aliphatic rings. The average Bonchev–Trinajstić information content (AvgIpc) is 3.24. The van der Waals surface area contributed by atoms with Crippen LogP contribution in [0.25, 0.3) is 0 Å². The third-order valence-electron chi connectivity index (χ3n) is 5.04. The van der Waals surface area contributed by atoms with E-state index in [0.29, 0.717) is 12.1 Å². The summed E-state index contributed by atoms with van der Waals surface area (Å²) in [6.07, 6.45) is 3.35. The van der Waals surface area contributed by atoms with Crippen LogP contribution in [-0.2, 0) is 4.74 Å². The van der Waals surface area contributed by atoms with Crippen LogP contribution < -0.4 is 4.74 Å². The molecule has 3 rings (SSSR count). The number of ether oxygens (including phenoxy) is 2. The van der Waals surface area contributed by atoms with E-state index in [9.17, 15) is 9.18 Å². The Bertz CT molecular complexity index is 590. The predicted molar refractivity (Wildman–Crippen MR) is 88.9 cm³/mol. The van der Waals surface area contributed by atoms with Crippen molar-refractivity contribution in [1.82, 2.24) is 9.80 Å². The molecule has 2 fully saturated rings. The Kier molecular flexibility index (Phi) is 5.36. The number of amides is 1. The molecule has 1 amide bonds. The molecule has 0 N–H and O–H groups in total. The molecule has 2 atom stereocenters. The van der Waals surface area contributed by atoms with Gasteiger partial charge < -0.3 is 19.3 Å². The van der Waals surface area contributed by atoms with Gasteiger partial charge in [-0.1, -0.05) is 0 Å². The summed E-state index contributed by atoms with van der Waals surface area (Å²) < 4.78 is 24.1. The summed E-state index contributed by atoms with van der Waals surface area (Å²) in [5.41, 5.74) is 0.455. The number of benzene rings is 1. The highest BCUT2D eigenvalue weighted by Crippen LogP contribution is 2.26. The lowest BCUT2D eigenvalue weighted by Crippen LogP contribution is -2.42. The van der Waals surface area contributed by atoms with Crippen LogP contribution in [0, 0.1) is 5.82 Å². The molecule has 6 heteroatoms. The summed E-state index contributed by atoms with van der Waals surface area (Å²) in [5.74, 6) is -0.449. The summed E-state index contributed by atoms with van der Waals surface area (Å²) in [5, 5.41) is 0. The van der Waals surface area contributed by atoms with E-state index in [1.165, 1.54) is 38.2 Å². The van der Waals surface area contributed by atoms with Crippen LogP contribution in [0.1, 0.15) is 29.6 Å². The smallest absolute Gasteiger partial charge is 0.254 e. The van der Waals surface area contributed by atoms with Crippen molar-refractivity contribution in [3.63, 3.8) is 0 Å². The normalized spacial score (nSPS) is 24.5. The zero-order valence-electron chi connectivity index (χ0n) is 14.3. The largest absolute Gasteiger partial charge is 0.494 e. The van der Waals surface area contributed by atoms with E-state index < -0.39 is 5.82 Å². The Balaban J connectivity index is 1.77. The van der Waals surface area contributed by atoms with Gasteiger partial charge in [0.05, 0.1) is 13.2 Å². The van der Waals surface area contributed by atoms with Crippen LogP contribution in [0.4, 0.5) is 4.39 Å². The minimum atomic E-state index is -0.459. The molecule has 2 heterocycles. The molecule has 2 saturated heterocycles. The van der Waals surface area contributed by atoms with Gasteiger partial charge in [0.2, 0.25) is 0 Å². The lowest BCUT2D eigenvalue weighted by molar-refractivity contribution is 0.0669. The lowest BCUT2D eigenvalue weighted by atomic mass is 10.1. The molecule has 0 spiro atoms. The number of carbonyl (C=O) groups excluding carboxylic acids is 1. The monoisotopic (exact) mass is 336 g/mol.